The van der Waals surface area contributed by atoms with Crippen LogP contribution in [0.5, 0.6) is 0 Å². The van der Waals surface area contributed by atoms with Gasteiger partial charge in [-0.1, -0.05) is 25.2 Å². The summed E-state index contributed by atoms with van der Waals surface area (Å²) in [5.74, 6) is 1.57. The Balaban J connectivity index is 1.75. The van der Waals surface area contributed by atoms with Gasteiger partial charge in [-0.25, -0.2) is 0 Å². The van der Waals surface area contributed by atoms with Gasteiger partial charge in [0.2, 0.25) is 0 Å². The van der Waals surface area contributed by atoms with Crippen LogP contribution in [0.4, 0.5) is 5.82 Å². The molecule has 0 radical (unpaired) electrons. The minimum Gasteiger partial charge on any atom is -0.355 e. The molecule has 0 spiro atoms. The van der Waals surface area contributed by atoms with Crippen molar-refractivity contribution in [1.82, 2.24) is 15.5 Å². The van der Waals surface area contributed by atoms with Crippen molar-refractivity contribution in [1.29, 1.82) is 0 Å². The highest BCUT2D eigenvalue weighted by Gasteiger charge is 2.39. The molecule has 2 heterocycles. The summed E-state index contributed by atoms with van der Waals surface area (Å²) in [4.78, 5) is 2.30. The molecule has 3 rings (SSSR count). The first-order valence-electron chi connectivity index (χ1n) is 9.40. The lowest BCUT2D eigenvalue weighted by atomic mass is 9.79. The van der Waals surface area contributed by atoms with E-state index >= 15 is 0 Å². The second-order valence-electron chi connectivity index (χ2n) is 9.07. The summed E-state index contributed by atoms with van der Waals surface area (Å²) in [5, 5.41) is 12.8. The van der Waals surface area contributed by atoms with Crippen molar-refractivity contribution >= 4 is 11.4 Å². The Morgan fingerprint density at radius 1 is 1.08 bits per heavy atom. The maximum atomic E-state index is 4.52. The molecule has 2 aliphatic rings. The maximum Gasteiger partial charge on any atom is 0.151 e. The number of hydrogen-bond donors (Lipinski definition) is 1. The molecule has 1 fully saturated rings. The molecule has 1 atom stereocenters. The molecule has 1 aliphatic carbocycles. The van der Waals surface area contributed by atoms with E-state index in [-0.39, 0.29) is 11.1 Å². The van der Waals surface area contributed by atoms with Gasteiger partial charge in [0.1, 0.15) is 0 Å². The van der Waals surface area contributed by atoms with Gasteiger partial charge in [-0.3, -0.25) is 0 Å². The number of rotatable bonds is 3. The lowest BCUT2D eigenvalue weighted by Gasteiger charge is -2.49. The standard InChI is InChI=1S/C21H32N4/c1-15-7-9-16(10-8-15)18-11-12-19(23-22-18)25(6)17-13-20(2,3)24-21(4,5)14-17/h7,9-12,15,17,24H,8,13-14H2,1-6H3. The molecule has 1 aromatic rings. The Bertz CT molecular complexity index is 654. The molecular weight excluding hydrogens is 308 g/mol. The highest BCUT2D eigenvalue weighted by Crippen LogP contribution is 2.32. The first-order chi connectivity index (χ1) is 11.7. The van der Waals surface area contributed by atoms with E-state index in [1.165, 1.54) is 5.57 Å². The van der Waals surface area contributed by atoms with Crippen LogP contribution < -0.4 is 10.2 Å². The summed E-state index contributed by atoms with van der Waals surface area (Å²) >= 11 is 0. The Kier molecular flexibility index (Phi) is 4.76. The summed E-state index contributed by atoms with van der Waals surface area (Å²) in [5.41, 5.74) is 2.40. The summed E-state index contributed by atoms with van der Waals surface area (Å²) < 4.78 is 0. The van der Waals surface area contributed by atoms with Gasteiger partial charge in [-0.2, -0.15) is 0 Å². The lowest BCUT2D eigenvalue weighted by molar-refractivity contribution is 0.160. The van der Waals surface area contributed by atoms with E-state index in [1.807, 2.05) is 0 Å². The molecule has 25 heavy (non-hydrogen) atoms. The number of hydrogen-bond acceptors (Lipinski definition) is 4. The van der Waals surface area contributed by atoms with Crippen molar-refractivity contribution in [3.63, 3.8) is 0 Å². The van der Waals surface area contributed by atoms with Crippen LogP contribution in [0.1, 0.15) is 59.6 Å². The monoisotopic (exact) mass is 340 g/mol. The van der Waals surface area contributed by atoms with Crippen molar-refractivity contribution in [3.8, 4) is 0 Å². The van der Waals surface area contributed by atoms with Crippen LogP contribution in [0.25, 0.3) is 5.57 Å². The Morgan fingerprint density at radius 2 is 1.76 bits per heavy atom. The number of allylic oxidation sites excluding steroid dienone is 4. The minimum absolute atomic E-state index is 0.127. The molecule has 4 heteroatoms. The van der Waals surface area contributed by atoms with Gasteiger partial charge in [0.15, 0.2) is 5.82 Å². The SMILES string of the molecule is CC1C=CC(c2ccc(N(C)C3CC(C)(C)NC(C)(C)C3)nn2)=CC1. The highest BCUT2D eigenvalue weighted by molar-refractivity contribution is 5.72. The van der Waals surface area contributed by atoms with Crippen molar-refractivity contribution in [3.05, 3.63) is 36.1 Å². The maximum absolute atomic E-state index is 4.52. The predicted octanol–water partition coefficient (Wildman–Crippen LogP) is 4.20. The zero-order valence-corrected chi connectivity index (χ0v) is 16.5. The fraction of sp³-hybridized carbons (Fsp3) is 0.619. The van der Waals surface area contributed by atoms with Crippen molar-refractivity contribution in [2.45, 2.75) is 71.0 Å². The molecular formula is C21H32N4. The second kappa shape index (κ2) is 6.56. The summed E-state index contributed by atoms with van der Waals surface area (Å²) in [7, 11) is 2.15. The Morgan fingerprint density at radius 3 is 2.28 bits per heavy atom. The Hall–Kier alpha value is -1.68. The zero-order chi connectivity index (χ0) is 18.2. The van der Waals surface area contributed by atoms with E-state index in [1.54, 1.807) is 0 Å². The third-order valence-corrected chi connectivity index (χ3v) is 5.34. The molecule has 1 saturated heterocycles. The molecule has 0 bridgehead atoms. The quantitative estimate of drug-likeness (QED) is 0.895. The molecule has 1 aromatic heterocycles. The predicted molar refractivity (Wildman–Crippen MR) is 106 cm³/mol. The van der Waals surface area contributed by atoms with E-state index in [0.29, 0.717) is 12.0 Å². The van der Waals surface area contributed by atoms with Crippen molar-refractivity contribution < 1.29 is 0 Å². The lowest BCUT2D eigenvalue weighted by Crippen LogP contribution is -2.62. The van der Waals surface area contributed by atoms with E-state index in [0.717, 1.165) is 30.8 Å². The van der Waals surface area contributed by atoms with Gasteiger partial charge in [0, 0.05) is 24.2 Å². The van der Waals surface area contributed by atoms with Gasteiger partial charge in [-0.05, 0) is 70.6 Å². The van der Waals surface area contributed by atoms with E-state index in [2.05, 4.69) is 92.4 Å². The second-order valence-corrected chi connectivity index (χ2v) is 9.07. The number of nitrogens with zero attached hydrogens (tertiary/aromatic N) is 3. The zero-order valence-electron chi connectivity index (χ0n) is 16.5. The van der Waals surface area contributed by atoms with Gasteiger partial charge >= 0.3 is 0 Å². The van der Waals surface area contributed by atoms with E-state index in [4.69, 9.17) is 0 Å². The number of anilines is 1. The summed E-state index contributed by atoms with van der Waals surface area (Å²) in [6, 6.07) is 4.67. The van der Waals surface area contributed by atoms with Gasteiger partial charge in [-0.15, -0.1) is 10.2 Å². The fourth-order valence-corrected chi connectivity index (χ4v) is 4.31. The molecule has 1 N–H and O–H groups in total. The minimum atomic E-state index is 0.127. The Labute approximate surface area is 152 Å². The van der Waals surface area contributed by atoms with Gasteiger partial charge in [0.05, 0.1) is 5.69 Å². The third-order valence-electron chi connectivity index (χ3n) is 5.34. The average Bonchev–Trinajstić information content (AvgIpc) is 2.52. The third kappa shape index (κ3) is 4.30. The first-order valence-corrected chi connectivity index (χ1v) is 9.40. The van der Waals surface area contributed by atoms with Crippen LogP contribution in [0.3, 0.4) is 0 Å². The molecule has 4 nitrogen and oxygen atoms in total. The van der Waals surface area contributed by atoms with Crippen LogP contribution in [0.2, 0.25) is 0 Å². The fourth-order valence-electron chi connectivity index (χ4n) is 4.31. The van der Waals surface area contributed by atoms with Crippen LogP contribution in [0.15, 0.2) is 30.4 Å². The number of nitrogens with one attached hydrogen (secondary N) is 1. The molecule has 0 saturated carbocycles. The van der Waals surface area contributed by atoms with Crippen LogP contribution in [-0.4, -0.2) is 34.4 Å². The molecule has 1 aliphatic heterocycles. The van der Waals surface area contributed by atoms with Crippen LogP contribution in [0, 0.1) is 5.92 Å². The molecule has 0 aromatic carbocycles. The highest BCUT2D eigenvalue weighted by atomic mass is 15.3. The number of piperidine rings is 1. The smallest absolute Gasteiger partial charge is 0.151 e. The van der Waals surface area contributed by atoms with Crippen LogP contribution >= 0.6 is 0 Å². The molecule has 0 amide bonds. The van der Waals surface area contributed by atoms with E-state index in [9.17, 15) is 0 Å². The topological polar surface area (TPSA) is 41.0 Å². The molecule has 1 unspecified atom stereocenters. The first kappa shape index (κ1) is 18.1. The average molecular weight is 341 g/mol. The van der Waals surface area contributed by atoms with Gasteiger partial charge < -0.3 is 10.2 Å². The van der Waals surface area contributed by atoms with Crippen molar-refractivity contribution in [2.75, 3.05) is 11.9 Å². The largest absolute Gasteiger partial charge is 0.355 e. The number of aromatic nitrogens is 2. The normalized spacial score (nSPS) is 25.5. The molecule has 136 valence electrons. The van der Waals surface area contributed by atoms with Crippen molar-refractivity contribution in [2.24, 2.45) is 5.92 Å². The van der Waals surface area contributed by atoms with Gasteiger partial charge in [0.25, 0.3) is 0 Å². The summed E-state index contributed by atoms with van der Waals surface area (Å²) in [6.07, 6.45) is 9.95. The van der Waals surface area contributed by atoms with E-state index < -0.39 is 0 Å². The summed E-state index contributed by atoms with van der Waals surface area (Å²) in [6.45, 7) is 11.4. The van der Waals surface area contributed by atoms with Crippen LogP contribution in [-0.2, 0) is 0 Å².